The van der Waals surface area contributed by atoms with Crippen LogP contribution in [0.1, 0.15) is 41.8 Å². The Morgan fingerprint density at radius 1 is 1.19 bits per heavy atom. The van der Waals surface area contributed by atoms with E-state index in [2.05, 4.69) is 18.7 Å². The monoisotopic (exact) mass is 358 g/mol. The number of rotatable bonds is 6. The Bertz CT molecular complexity index is 746. The molecule has 0 saturated carbocycles. The highest BCUT2D eigenvalue weighted by molar-refractivity contribution is 5.63. The van der Waals surface area contributed by atoms with Crippen LogP contribution in [0.4, 0.5) is 0 Å². The van der Waals surface area contributed by atoms with Crippen molar-refractivity contribution in [3.05, 3.63) is 34.7 Å². The van der Waals surface area contributed by atoms with Crippen LogP contribution in [0.2, 0.25) is 0 Å². The molecule has 1 aliphatic heterocycles. The summed E-state index contributed by atoms with van der Waals surface area (Å²) in [5, 5.41) is 9.10. The summed E-state index contributed by atoms with van der Waals surface area (Å²) in [5.41, 5.74) is 4.31. The van der Waals surface area contributed by atoms with E-state index in [9.17, 15) is 0 Å². The number of methoxy groups -OCH3 is 1. The number of aryl methyl sites for hydroxylation is 1. The summed E-state index contributed by atoms with van der Waals surface area (Å²) in [7, 11) is 1.69. The summed E-state index contributed by atoms with van der Waals surface area (Å²) in [6.07, 6.45) is 3.24. The highest BCUT2D eigenvalue weighted by Crippen LogP contribution is 2.32. The van der Waals surface area contributed by atoms with Crippen LogP contribution in [0.15, 0.2) is 16.5 Å². The molecule has 142 valence electrons. The summed E-state index contributed by atoms with van der Waals surface area (Å²) in [6, 6.07) is 4.00. The van der Waals surface area contributed by atoms with Gasteiger partial charge in [0.1, 0.15) is 11.5 Å². The molecule has 1 aliphatic rings. The molecule has 1 N–H and O–H groups in total. The molecule has 0 unspecified atom stereocenters. The van der Waals surface area contributed by atoms with Gasteiger partial charge in [-0.1, -0.05) is 0 Å². The Balaban J connectivity index is 1.73. The van der Waals surface area contributed by atoms with Gasteiger partial charge in [0.15, 0.2) is 0 Å². The average Bonchev–Trinajstić information content (AvgIpc) is 2.99. The number of nitrogens with zero attached hydrogens (tertiary/aromatic N) is 2. The third kappa shape index (κ3) is 3.94. The lowest BCUT2D eigenvalue weighted by Gasteiger charge is -2.31. The van der Waals surface area contributed by atoms with Crippen LogP contribution in [-0.2, 0) is 6.54 Å². The van der Waals surface area contributed by atoms with E-state index >= 15 is 0 Å². The smallest absolute Gasteiger partial charge is 0.226 e. The molecule has 2 aromatic rings. The minimum absolute atomic E-state index is 0.303. The van der Waals surface area contributed by atoms with Crippen molar-refractivity contribution in [3.63, 3.8) is 0 Å². The summed E-state index contributed by atoms with van der Waals surface area (Å²) in [5.74, 6) is 3.14. The van der Waals surface area contributed by atoms with E-state index in [-0.39, 0.29) is 0 Å². The normalized spacial score (nSPS) is 16.2. The first-order valence-corrected chi connectivity index (χ1v) is 9.47. The first-order chi connectivity index (χ1) is 12.5. The van der Waals surface area contributed by atoms with Crippen molar-refractivity contribution in [1.29, 1.82) is 0 Å². The Hall–Kier alpha value is -1.85. The molecule has 0 radical (unpaired) electrons. The van der Waals surface area contributed by atoms with E-state index in [1.807, 2.05) is 19.1 Å². The quantitative estimate of drug-likeness (QED) is 0.849. The van der Waals surface area contributed by atoms with Crippen molar-refractivity contribution in [1.82, 2.24) is 9.88 Å². The van der Waals surface area contributed by atoms with Gasteiger partial charge in [0, 0.05) is 18.7 Å². The molecule has 0 atom stereocenters. The summed E-state index contributed by atoms with van der Waals surface area (Å²) in [4.78, 5) is 7.24. The molecule has 0 bridgehead atoms. The number of piperidine rings is 1. The molecule has 5 nitrogen and oxygen atoms in total. The summed E-state index contributed by atoms with van der Waals surface area (Å²) in [6.45, 7) is 9.39. The van der Waals surface area contributed by atoms with E-state index < -0.39 is 0 Å². The lowest BCUT2D eigenvalue weighted by atomic mass is 9.94. The van der Waals surface area contributed by atoms with E-state index in [4.69, 9.17) is 19.2 Å². The van der Waals surface area contributed by atoms with Crippen LogP contribution in [0.3, 0.4) is 0 Å². The SMILES string of the molecule is COc1ccc(-c2nc(CN3CCC(CCO)CC3)c(C)o2)c(C)c1C. The highest BCUT2D eigenvalue weighted by atomic mass is 16.5. The maximum absolute atomic E-state index is 9.10. The van der Waals surface area contributed by atoms with Gasteiger partial charge >= 0.3 is 0 Å². The van der Waals surface area contributed by atoms with Gasteiger partial charge in [-0.05, 0) is 82.3 Å². The molecule has 1 aromatic carbocycles. The van der Waals surface area contributed by atoms with Gasteiger partial charge in [-0.15, -0.1) is 0 Å². The number of oxazole rings is 1. The van der Waals surface area contributed by atoms with E-state index in [1.165, 1.54) is 0 Å². The third-order valence-electron chi connectivity index (χ3n) is 5.70. The number of aromatic nitrogens is 1. The van der Waals surface area contributed by atoms with Gasteiger partial charge in [0.2, 0.25) is 5.89 Å². The maximum Gasteiger partial charge on any atom is 0.226 e. The van der Waals surface area contributed by atoms with Crippen LogP contribution in [0, 0.1) is 26.7 Å². The molecular formula is C21H30N2O3. The fourth-order valence-corrected chi connectivity index (χ4v) is 3.77. The summed E-state index contributed by atoms with van der Waals surface area (Å²) >= 11 is 0. The molecule has 1 fully saturated rings. The highest BCUT2D eigenvalue weighted by Gasteiger charge is 2.22. The molecule has 1 aromatic heterocycles. The van der Waals surface area contributed by atoms with E-state index in [1.54, 1.807) is 7.11 Å². The van der Waals surface area contributed by atoms with Gasteiger partial charge in [-0.3, -0.25) is 4.90 Å². The predicted octanol–water partition coefficient (Wildman–Crippen LogP) is 3.87. The number of likely N-dealkylation sites (tertiary alicyclic amines) is 1. The van der Waals surface area contributed by atoms with Crippen molar-refractivity contribution < 1.29 is 14.3 Å². The van der Waals surface area contributed by atoms with Crippen LogP contribution < -0.4 is 4.74 Å². The zero-order valence-electron chi connectivity index (χ0n) is 16.3. The van der Waals surface area contributed by atoms with Crippen molar-refractivity contribution in [2.45, 2.75) is 46.6 Å². The lowest BCUT2D eigenvalue weighted by Crippen LogP contribution is -2.33. The predicted molar refractivity (Wildman–Crippen MR) is 102 cm³/mol. The van der Waals surface area contributed by atoms with Gasteiger partial charge < -0.3 is 14.3 Å². The zero-order valence-corrected chi connectivity index (χ0v) is 16.3. The second-order valence-corrected chi connectivity index (χ2v) is 7.32. The van der Waals surface area contributed by atoms with Crippen LogP contribution in [0.25, 0.3) is 11.5 Å². The van der Waals surface area contributed by atoms with E-state index in [0.717, 1.165) is 72.8 Å². The summed E-state index contributed by atoms with van der Waals surface area (Å²) < 4.78 is 11.4. The van der Waals surface area contributed by atoms with Crippen molar-refractivity contribution in [3.8, 4) is 17.2 Å². The Morgan fingerprint density at radius 2 is 1.92 bits per heavy atom. The number of aliphatic hydroxyl groups excluding tert-OH is 1. The minimum Gasteiger partial charge on any atom is -0.496 e. The topological polar surface area (TPSA) is 58.7 Å². The third-order valence-corrected chi connectivity index (χ3v) is 5.70. The van der Waals surface area contributed by atoms with Gasteiger partial charge in [0.05, 0.1) is 12.8 Å². The van der Waals surface area contributed by atoms with Crippen molar-refractivity contribution in [2.75, 3.05) is 26.8 Å². The van der Waals surface area contributed by atoms with Crippen LogP contribution in [-0.4, -0.2) is 41.8 Å². The number of benzene rings is 1. The van der Waals surface area contributed by atoms with Crippen molar-refractivity contribution in [2.24, 2.45) is 5.92 Å². The molecule has 2 heterocycles. The lowest BCUT2D eigenvalue weighted by molar-refractivity contribution is 0.152. The first kappa shape index (κ1) is 18.9. The number of aliphatic hydroxyl groups is 1. The maximum atomic E-state index is 9.10. The largest absolute Gasteiger partial charge is 0.496 e. The second kappa shape index (κ2) is 8.23. The zero-order chi connectivity index (χ0) is 18.7. The molecule has 5 heteroatoms. The molecule has 0 spiro atoms. The molecule has 26 heavy (non-hydrogen) atoms. The fraction of sp³-hybridized carbons (Fsp3) is 0.571. The molecule has 0 aliphatic carbocycles. The Kier molecular flexibility index (Phi) is 5.99. The van der Waals surface area contributed by atoms with Crippen LogP contribution in [0.5, 0.6) is 5.75 Å². The van der Waals surface area contributed by atoms with Crippen molar-refractivity contribution >= 4 is 0 Å². The standard InChI is InChI=1S/C21H30N2O3/c1-14-15(2)20(25-4)6-5-18(14)21-22-19(16(3)26-21)13-23-10-7-17(8-11-23)9-12-24/h5-6,17,24H,7-13H2,1-4H3. The van der Waals surface area contributed by atoms with Gasteiger partial charge in [0.25, 0.3) is 0 Å². The number of ether oxygens (including phenoxy) is 1. The Morgan fingerprint density at radius 3 is 2.58 bits per heavy atom. The molecule has 3 rings (SSSR count). The first-order valence-electron chi connectivity index (χ1n) is 9.47. The second-order valence-electron chi connectivity index (χ2n) is 7.32. The number of hydrogen-bond donors (Lipinski definition) is 1. The average molecular weight is 358 g/mol. The fourth-order valence-electron chi connectivity index (χ4n) is 3.77. The molecule has 0 amide bonds. The van der Waals surface area contributed by atoms with Crippen LogP contribution >= 0.6 is 0 Å². The molecule has 1 saturated heterocycles. The molecular weight excluding hydrogens is 328 g/mol. The number of hydrogen-bond acceptors (Lipinski definition) is 5. The Labute approximate surface area is 156 Å². The van der Waals surface area contributed by atoms with Gasteiger partial charge in [-0.2, -0.15) is 0 Å². The van der Waals surface area contributed by atoms with E-state index in [0.29, 0.717) is 18.4 Å². The minimum atomic E-state index is 0.303. The van der Waals surface area contributed by atoms with Gasteiger partial charge in [-0.25, -0.2) is 4.98 Å².